The Hall–Kier alpha value is -2.29. The van der Waals surface area contributed by atoms with Crippen molar-refractivity contribution in [1.82, 2.24) is 20.4 Å². The summed E-state index contributed by atoms with van der Waals surface area (Å²) in [5, 5.41) is 5.95. The molecule has 1 aromatic rings. The largest absolute Gasteiger partial charge is 0.403 e. The molecule has 1 aromatic carbocycles. The van der Waals surface area contributed by atoms with E-state index in [-0.39, 0.29) is 5.91 Å². The van der Waals surface area contributed by atoms with Crippen LogP contribution in [0.25, 0.3) is 0 Å². The summed E-state index contributed by atoms with van der Waals surface area (Å²) in [4.78, 5) is 19.5. The van der Waals surface area contributed by atoms with Gasteiger partial charge < -0.3 is 15.5 Å². The number of hydrogen-bond acceptors (Lipinski definition) is 3. The van der Waals surface area contributed by atoms with E-state index in [2.05, 4.69) is 15.6 Å². The zero-order valence-corrected chi connectivity index (χ0v) is 15.6. The maximum Gasteiger partial charge on any atom is 0.403 e. The van der Waals surface area contributed by atoms with Crippen LogP contribution in [0.3, 0.4) is 0 Å². The van der Waals surface area contributed by atoms with Crippen molar-refractivity contribution in [2.45, 2.75) is 19.1 Å². The smallest absolute Gasteiger partial charge is 0.354 e. The van der Waals surface area contributed by atoms with E-state index >= 15 is 0 Å². The van der Waals surface area contributed by atoms with Crippen LogP contribution in [-0.4, -0.2) is 80.2 Å². The molecule has 0 radical (unpaired) electrons. The van der Waals surface area contributed by atoms with E-state index in [1.165, 1.54) is 11.8 Å². The Bertz CT molecular complexity index is 628. The summed E-state index contributed by atoms with van der Waals surface area (Å²) in [5.74, 6) is 0.477. The lowest BCUT2D eigenvalue weighted by molar-refractivity contribution is -0.181. The molecule has 2 N–H and O–H groups in total. The molecule has 2 rings (SSSR count). The van der Waals surface area contributed by atoms with Gasteiger partial charge in [-0.2, -0.15) is 13.2 Å². The molecular formula is C18H26F3N5O. The molecule has 150 valence electrons. The number of nitrogens with zero attached hydrogens (tertiary/aromatic N) is 3. The summed E-state index contributed by atoms with van der Waals surface area (Å²) in [5.41, 5.74) is 0.594. The molecule has 6 nitrogen and oxygen atoms in total. The fourth-order valence-corrected chi connectivity index (χ4v) is 2.90. The molecule has 1 saturated heterocycles. The molecule has 1 aliphatic heterocycles. The molecule has 1 unspecified atom stereocenters. The van der Waals surface area contributed by atoms with Gasteiger partial charge in [0, 0.05) is 51.9 Å². The number of carbonyl (C=O) groups excluding carboxylic acids is 1. The van der Waals surface area contributed by atoms with Crippen molar-refractivity contribution >= 4 is 11.9 Å². The fourth-order valence-electron chi connectivity index (χ4n) is 2.90. The van der Waals surface area contributed by atoms with Crippen molar-refractivity contribution in [1.29, 1.82) is 0 Å². The molecule has 0 spiro atoms. The summed E-state index contributed by atoms with van der Waals surface area (Å²) >= 11 is 0. The average molecular weight is 385 g/mol. The molecule has 0 aromatic heterocycles. The number of piperazine rings is 1. The molecule has 0 saturated carbocycles. The van der Waals surface area contributed by atoms with E-state index in [0.717, 1.165) is 0 Å². The van der Waals surface area contributed by atoms with Gasteiger partial charge in [0.2, 0.25) is 0 Å². The number of halogens is 3. The van der Waals surface area contributed by atoms with Gasteiger partial charge >= 0.3 is 6.18 Å². The highest BCUT2D eigenvalue weighted by Crippen LogP contribution is 2.25. The Kier molecular flexibility index (Phi) is 7.46. The molecule has 1 fully saturated rings. The highest BCUT2D eigenvalue weighted by atomic mass is 19.4. The second kappa shape index (κ2) is 9.59. The Balaban J connectivity index is 1.73. The van der Waals surface area contributed by atoms with Gasteiger partial charge in [0.1, 0.15) is 6.04 Å². The van der Waals surface area contributed by atoms with Crippen molar-refractivity contribution in [2.24, 2.45) is 4.99 Å². The van der Waals surface area contributed by atoms with Crippen molar-refractivity contribution in [3.05, 3.63) is 35.9 Å². The van der Waals surface area contributed by atoms with Crippen LogP contribution >= 0.6 is 0 Å². The van der Waals surface area contributed by atoms with Crippen LogP contribution < -0.4 is 10.6 Å². The lowest BCUT2D eigenvalue weighted by atomic mass is 10.2. The normalized spacial score (nSPS) is 17.5. The van der Waals surface area contributed by atoms with Crippen LogP contribution in [0.15, 0.2) is 35.3 Å². The molecule has 9 heteroatoms. The van der Waals surface area contributed by atoms with E-state index in [9.17, 15) is 18.0 Å². The Morgan fingerprint density at radius 2 is 1.70 bits per heavy atom. The standard InChI is InChI=1S/C18H26F3N5O/c1-14(18(19,20)21)25-10-12-26(13-11-25)17(22-2)24-9-8-23-16(27)15-6-4-3-5-7-15/h3-7,14H,8-13H2,1-2H3,(H,22,24)(H,23,27). The summed E-state index contributed by atoms with van der Waals surface area (Å²) in [6, 6.07) is 7.48. The Morgan fingerprint density at radius 1 is 1.11 bits per heavy atom. The molecule has 0 aliphatic carbocycles. The van der Waals surface area contributed by atoms with Crippen LogP contribution in [0.2, 0.25) is 0 Å². The molecule has 1 amide bonds. The van der Waals surface area contributed by atoms with Gasteiger partial charge in [-0.25, -0.2) is 0 Å². The van der Waals surface area contributed by atoms with Crippen LogP contribution in [-0.2, 0) is 0 Å². The van der Waals surface area contributed by atoms with Gasteiger partial charge in [-0.3, -0.25) is 14.7 Å². The lowest BCUT2D eigenvalue weighted by Gasteiger charge is -2.39. The first kappa shape index (κ1) is 21.0. The maximum atomic E-state index is 12.8. The van der Waals surface area contributed by atoms with Crippen molar-refractivity contribution < 1.29 is 18.0 Å². The van der Waals surface area contributed by atoms with Gasteiger partial charge in [-0.1, -0.05) is 18.2 Å². The third-order valence-electron chi connectivity index (χ3n) is 4.58. The summed E-state index contributed by atoms with van der Waals surface area (Å²) in [6.45, 7) is 3.67. The highest BCUT2D eigenvalue weighted by molar-refractivity contribution is 5.94. The molecular weight excluding hydrogens is 359 g/mol. The quantitative estimate of drug-likeness (QED) is 0.459. The van der Waals surface area contributed by atoms with E-state index in [1.54, 1.807) is 31.3 Å². The van der Waals surface area contributed by atoms with Crippen LogP contribution in [0, 0.1) is 0 Å². The van der Waals surface area contributed by atoms with Gasteiger partial charge in [-0.15, -0.1) is 0 Å². The van der Waals surface area contributed by atoms with Crippen molar-refractivity contribution in [3.63, 3.8) is 0 Å². The summed E-state index contributed by atoms with van der Waals surface area (Å²) in [7, 11) is 1.63. The minimum absolute atomic E-state index is 0.151. The molecule has 1 heterocycles. The lowest BCUT2D eigenvalue weighted by Crippen LogP contribution is -2.57. The van der Waals surface area contributed by atoms with Crippen LogP contribution in [0.5, 0.6) is 0 Å². The zero-order valence-electron chi connectivity index (χ0n) is 15.6. The molecule has 0 bridgehead atoms. The van der Waals surface area contributed by atoms with Gasteiger partial charge in [0.05, 0.1) is 0 Å². The van der Waals surface area contributed by atoms with Gasteiger partial charge in [0.25, 0.3) is 5.91 Å². The Labute approximate surface area is 157 Å². The zero-order chi connectivity index (χ0) is 19.9. The summed E-state index contributed by atoms with van der Waals surface area (Å²) in [6.07, 6.45) is -4.21. The second-order valence-corrected chi connectivity index (χ2v) is 6.34. The first-order valence-corrected chi connectivity index (χ1v) is 8.92. The number of guanidine groups is 1. The first-order valence-electron chi connectivity index (χ1n) is 8.92. The van der Waals surface area contributed by atoms with E-state index in [1.807, 2.05) is 11.0 Å². The number of carbonyl (C=O) groups is 1. The minimum Gasteiger partial charge on any atom is -0.354 e. The first-order chi connectivity index (χ1) is 12.8. The third kappa shape index (κ3) is 6.13. The van der Waals surface area contributed by atoms with Crippen LogP contribution in [0.1, 0.15) is 17.3 Å². The predicted octanol–water partition coefficient (Wildman–Crippen LogP) is 1.56. The Morgan fingerprint density at radius 3 is 2.26 bits per heavy atom. The van der Waals surface area contributed by atoms with E-state index < -0.39 is 12.2 Å². The predicted molar refractivity (Wildman–Crippen MR) is 98.8 cm³/mol. The fraction of sp³-hybridized carbons (Fsp3) is 0.556. The number of hydrogen-bond donors (Lipinski definition) is 2. The third-order valence-corrected chi connectivity index (χ3v) is 4.58. The monoisotopic (exact) mass is 385 g/mol. The number of alkyl halides is 3. The maximum absolute atomic E-state index is 12.8. The van der Waals surface area contributed by atoms with Gasteiger partial charge in [-0.05, 0) is 19.1 Å². The minimum atomic E-state index is -4.21. The summed E-state index contributed by atoms with van der Waals surface area (Å²) < 4.78 is 38.5. The number of rotatable bonds is 5. The second-order valence-electron chi connectivity index (χ2n) is 6.34. The highest BCUT2D eigenvalue weighted by Gasteiger charge is 2.41. The molecule has 1 atom stereocenters. The number of amides is 1. The molecule has 1 aliphatic rings. The van der Waals surface area contributed by atoms with Crippen LogP contribution in [0.4, 0.5) is 13.2 Å². The number of aliphatic imine (C=N–C) groups is 1. The number of nitrogens with one attached hydrogen (secondary N) is 2. The molecule has 27 heavy (non-hydrogen) atoms. The topological polar surface area (TPSA) is 60.0 Å². The average Bonchev–Trinajstić information content (AvgIpc) is 2.67. The SMILES string of the molecule is CN=C(NCCNC(=O)c1ccccc1)N1CCN(C(C)C(F)(F)F)CC1. The number of benzene rings is 1. The van der Waals surface area contributed by atoms with Crippen molar-refractivity contribution in [2.75, 3.05) is 46.3 Å². The van der Waals surface area contributed by atoms with Crippen molar-refractivity contribution in [3.8, 4) is 0 Å². The van der Waals surface area contributed by atoms with Gasteiger partial charge in [0.15, 0.2) is 5.96 Å². The van der Waals surface area contributed by atoms with E-state index in [0.29, 0.717) is 50.8 Å². The van der Waals surface area contributed by atoms with E-state index in [4.69, 9.17) is 0 Å².